The van der Waals surface area contributed by atoms with Crippen molar-refractivity contribution in [1.29, 1.82) is 0 Å². The van der Waals surface area contributed by atoms with Gasteiger partial charge in [0.1, 0.15) is 0 Å². The van der Waals surface area contributed by atoms with Crippen LogP contribution >= 0.6 is 0 Å². The SMILES string of the molecule is O=C(O)[C@H]1CC=CC[C@H]1C(=O)NC(C1CC1)C1CC1. The van der Waals surface area contributed by atoms with Crippen molar-refractivity contribution in [2.75, 3.05) is 0 Å². The molecule has 0 saturated heterocycles. The third-order valence-corrected chi connectivity index (χ3v) is 4.66. The van der Waals surface area contributed by atoms with E-state index in [0.717, 1.165) is 0 Å². The van der Waals surface area contributed by atoms with Crippen LogP contribution in [0.1, 0.15) is 38.5 Å². The minimum Gasteiger partial charge on any atom is -0.481 e. The van der Waals surface area contributed by atoms with Crippen LogP contribution in [0.4, 0.5) is 0 Å². The summed E-state index contributed by atoms with van der Waals surface area (Å²) in [5.74, 6) is -0.524. The van der Waals surface area contributed by atoms with Crippen molar-refractivity contribution in [1.82, 2.24) is 5.32 Å². The van der Waals surface area contributed by atoms with Crippen LogP contribution in [-0.4, -0.2) is 23.0 Å². The quantitative estimate of drug-likeness (QED) is 0.745. The van der Waals surface area contributed by atoms with Gasteiger partial charge < -0.3 is 10.4 Å². The molecule has 2 fully saturated rings. The lowest BCUT2D eigenvalue weighted by molar-refractivity contribution is -0.147. The van der Waals surface area contributed by atoms with E-state index in [1.54, 1.807) is 0 Å². The van der Waals surface area contributed by atoms with Crippen LogP contribution in [0.5, 0.6) is 0 Å². The van der Waals surface area contributed by atoms with Gasteiger partial charge in [0.15, 0.2) is 0 Å². The van der Waals surface area contributed by atoms with Gasteiger partial charge in [-0.3, -0.25) is 9.59 Å². The zero-order valence-electron chi connectivity index (χ0n) is 11.0. The fourth-order valence-electron chi connectivity index (χ4n) is 3.18. The average Bonchev–Trinajstić information content (AvgIpc) is 3.29. The lowest BCUT2D eigenvalue weighted by Gasteiger charge is -2.27. The molecule has 1 amide bonds. The highest BCUT2D eigenvalue weighted by Gasteiger charge is 2.44. The van der Waals surface area contributed by atoms with Gasteiger partial charge in [0, 0.05) is 6.04 Å². The highest BCUT2D eigenvalue weighted by atomic mass is 16.4. The summed E-state index contributed by atoms with van der Waals surface area (Å²) in [4.78, 5) is 23.6. The molecule has 0 aromatic rings. The fourth-order valence-corrected chi connectivity index (χ4v) is 3.18. The minimum atomic E-state index is -0.848. The maximum Gasteiger partial charge on any atom is 0.307 e. The Morgan fingerprint density at radius 3 is 2.00 bits per heavy atom. The number of carboxylic acids is 1. The Morgan fingerprint density at radius 1 is 1.00 bits per heavy atom. The van der Waals surface area contributed by atoms with Crippen molar-refractivity contribution in [3.63, 3.8) is 0 Å². The third kappa shape index (κ3) is 2.82. The predicted octanol–water partition coefficient (Wildman–Crippen LogP) is 1.96. The van der Waals surface area contributed by atoms with Crippen LogP contribution in [0.15, 0.2) is 12.2 Å². The first-order valence-corrected chi connectivity index (χ1v) is 7.35. The Labute approximate surface area is 113 Å². The van der Waals surface area contributed by atoms with Crippen molar-refractivity contribution < 1.29 is 14.7 Å². The molecule has 3 aliphatic carbocycles. The Hall–Kier alpha value is -1.32. The Kier molecular flexibility index (Phi) is 3.33. The molecule has 19 heavy (non-hydrogen) atoms. The van der Waals surface area contributed by atoms with Gasteiger partial charge in [0.25, 0.3) is 0 Å². The second kappa shape index (κ2) is 4.99. The van der Waals surface area contributed by atoms with Crippen molar-refractivity contribution >= 4 is 11.9 Å². The monoisotopic (exact) mass is 263 g/mol. The summed E-state index contributed by atoms with van der Waals surface area (Å²) in [6, 6.07) is 0.313. The Morgan fingerprint density at radius 2 is 1.53 bits per heavy atom. The number of hydrogen-bond donors (Lipinski definition) is 2. The number of rotatable bonds is 5. The van der Waals surface area contributed by atoms with Crippen LogP contribution in [0.2, 0.25) is 0 Å². The van der Waals surface area contributed by atoms with E-state index in [-0.39, 0.29) is 11.8 Å². The van der Waals surface area contributed by atoms with Crippen LogP contribution in [0, 0.1) is 23.7 Å². The van der Waals surface area contributed by atoms with Gasteiger partial charge in [-0.1, -0.05) is 12.2 Å². The second-order valence-corrected chi connectivity index (χ2v) is 6.20. The molecule has 2 saturated carbocycles. The van der Waals surface area contributed by atoms with Crippen molar-refractivity contribution in [2.45, 2.75) is 44.6 Å². The molecular weight excluding hydrogens is 242 g/mol. The molecule has 0 bridgehead atoms. The lowest BCUT2D eigenvalue weighted by atomic mass is 9.82. The van der Waals surface area contributed by atoms with Crippen LogP contribution in [0.25, 0.3) is 0 Å². The van der Waals surface area contributed by atoms with Crippen LogP contribution in [-0.2, 0) is 9.59 Å². The smallest absolute Gasteiger partial charge is 0.307 e. The molecule has 3 aliphatic rings. The molecule has 2 N–H and O–H groups in total. The molecule has 0 aliphatic heterocycles. The number of amides is 1. The highest BCUT2D eigenvalue weighted by molar-refractivity contribution is 5.85. The first-order valence-electron chi connectivity index (χ1n) is 7.35. The van der Waals surface area contributed by atoms with E-state index in [1.165, 1.54) is 25.7 Å². The van der Waals surface area contributed by atoms with E-state index in [4.69, 9.17) is 0 Å². The van der Waals surface area contributed by atoms with Gasteiger partial charge in [-0.05, 0) is 50.4 Å². The number of carbonyl (C=O) groups is 2. The molecule has 0 aromatic heterocycles. The van der Waals surface area contributed by atoms with E-state index in [0.29, 0.717) is 30.7 Å². The Bertz CT molecular complexity index is 398. The third-order valence-electron chi connectivity index (χ3n) is 4.66. The molecule has 0 spiro atoms. The normalized spacial score (nSPS) is 30.4. The molecule has 4 heteroatoms. The van der Waals surface area contributed by atoms with E-state index in [9.17, 15) is 14.7 Å². The van der Waals surface area contributed by atoms with Crippen molar-refractivity contribution in [3.05, 3.63) is 12.2 Å². The summed E-state index contributed by atoms with van der Waals surface area (Å²) >= 11 is 0. The molecule has 4 nitrogen and oxygen atoms in total. The number of carbonyl (C=O) groups excluding carboxylic acids is 1. The maximum atomic E-state index is 12.4. The summed E-state index contributed by atoms with van der Waals surface area (Å²) in [5.41, 5.74) is 0. The summed E-state index contributed by atoms with van der Waals surface area (Å²) < 4.78 is 0. The summed E-state index contributed by atoms with van der Waals surface area (Å²) in [7, 11) is 0. The van der Waals surface area contributed by atoms with Gasteiger partial charge in [-0.15, -0.1) is 0 Å². The standard InChI is InChI=1S/C15H21NO3/c17-14(11-3-1-2-4-12(11)15(18)19)16-13(9-5-6-9)10-7-8-10/h1-2,9-13H,3-8H2,(H,16,17)(H,18,19)/t11-,12+/m1/s1. The van der Waals surface area contributed by atoms with E-state index in [1.807, 2.05) is 12.2 Å². The van der Waals surface area contributed by atoms with Gasteiger partial charge in [0.05, 0.1) is 11.8 Å². The summed E-state index contributed by atoms with van der Waals surface area (Å²) in [5, 5.41) is 12.4. The Balaban J connectivity index is 1.64. The summed E-state index contributed by atoms with van der Waals surface area (Å²) in [6.45, 7) is 0. The first kappa shape index (κ1) is 12.7. The van der Waals surface area contributed by atoms with Gasteiger partial charge in [0.2, 0.25) is 5.91 Å². The number of carboxylic acid groups (broad SMARTS) is 1. The molecule has 2 atom stereocenters. The van der Waals surface area contributed by atoms with Gasteiger partial charge in [-0.25, -0.2) is 0 Å². The minimum absolute atomic E-state index is 0.0412. The maximum absolute atomic E-state index is 12.4. The largest absolute Gasteiger partial charge is 0.481 e. The fraction of sp³-hybridized carbons (Fsp3) is 0.733. The van der Waals surface area contributed by atoms with Crippen molar-refractivity contribution in [2.24, 2.45) is 23.7 Å². The van der Waals surface area contributed by atoms with Gasteiger partial charge in [-0.2, -0.15) is 0 Å². The van der Waals surface area contributed by atoms with E-state index in [2.05, 4.69) is 5.32 Å². The number of aliphatic carboxylic acids is 1. The molecule has 0 radical (unpaired) electrons. The number of allylic oxidation sites excluding steroid dienone is 2. The first-order chi connectivity index (χ1) is 9.16. The lowest BCUT2D eigenvalue weighted by Crippen LogP contribution is -2.45. The molecule has 0 heterocycles. The molecule has 0 unspecified atom stereocenters. The summed E-state index contributed by atoms with van der Waals surface area (Å²) in [6.07, 6.45) is 9.72. The topological polar surface area (TPSA) is 66.4 Å². The zero-order valence-corrected chi connectivity index (χ0v) is 11.0. The number of hydrogen-bond acceptors (Lipinski definition) is 2. The molecule has 0 aromatic carbocycles. The van der Waals surface area contributed by atoms with Crippen molar-refractivity contribution in [3.8, 4) is 0 Å². The molecule has 3 rings (SSSR count). The molecular formula is C15H21NO3. The molecule has 104 valence electrons. The zero-order chi connectivity index (χ0) is 13.4. The predicted molar refractivity (Wildman–Crippen MR) is 70.4 cm³/mol. The average molecular weight is 263 g/mol. The highest BCUT2D eigenvalue weighted by Crippen LogP contribution is 2.44. The second-order valence-electron chi connectivity index (χ2n) is 6.20. The number of nitrogens with one attached hydrogen (secondary N) is 1. The van der Waals surface area contributed by atoms with Gasteiger partial charge >= 0.3 is 5.97 Å². The van der Waals surface area contributed by atoms with Crippen LogP contribution in [0.3, 0.4) is 0 Å². The van der Waals surface area contributed by atoms with E-state index >= 15 is 0 Å². The van der Waals surface area contributed by atoms with Crippen LogP contribution < -0.4 is 5.32 Å². The van der Waals surface area contributed by atoms with E-state index < -0.39 is 11.9 Å².